The number of carbonyl (C=O) groups excluding carboxylic acids is 2. The van der Waals surface area contributed by atoms with Gasteiger partial charge >= 0.3 is 0 Å². The first-order chi connectivity index (χ1) is 15.5. The maximum absolute atomic E-state index is 13.0. The highest BCUT2D eigenvalue weighted by atomic mass is 16.5. The standard InChI is InChI=1S/C24H31N5O3/c1-5-18-23(31)28(3)19-14-25-24(27-22(19)29(18)16-9-7-8-10-16)26-17-12-11-15(20(30)6-2)13-21(17)32-4/h11-14,16,18H,5-10H2,1-4H3,(H,25,26,27). The lowest BCUT2D eigenvalue weighted by Crippen LogP contribution is -2.55. The van der Waals surface area contributed by atoms with E-state index in [0.717, 1.165) is 30.8 Å². The monoisotopic (exact) mass is 437 g/mol. The number of likely N-dealkylation sites (N-methyl/N-ethyl adjacent to an activating group) is 1. The molecule has 8 nitrogen and oxygen atoms in total. The van der Waals surface area contributed by atoms with Gasteiger partial charge in [-0.05, 0) is 37.5 Å². The Hall–Kier alpha value is -3.16. The lowest BCUT2D eigenvalue weighted by atomic mass is 10.0. The van der Waals surface area contributed by atoms with Crippen LogP contribution in [0.1, 0.15) is 62.7 Å². The topological polar surface area (TPSA) is 87.7 Å². The fourth-order valence-corrected chi connectivity index (χ4v) is 4.74. The minimum Gasteiger partial charge on any atom is -0.495 e. The Labute approximate surface area is 189 Å². The number of ether oxygens (including phenoxy) is 1. The van der Waals surface area contributed by atoms with E-state index in [1.165, 1.54) is 12.8 Å². The van der Waals surface area contributed by atoms with E-state index in [9.17, 15) is 9.59 Å². The molecule has 1 saturated carbocycles. The second kappa shape index (κ2) is 9.14. The normalized spacial score (nSPS) is 18.6. The van der Waals surface area contributed by atoms with E-state index in [1.807, 2.05) is 19.9 Å². The number of fused-ring (bicyclic) bond motifs is 1. The molecule has 170 valence electrons. The Bertz CT molecular complexity index is 1020. The number of carbonyl (C=O) groups is 2. The molecule has 0 radical (unpaired) electrons. The van der Waals surface area contributed by atoms with Gasteiger partial charge in [-0.1, -0.05) is 26.7 Å². The Kier molecular flexibility index (Phi) is 6.30. The van der Waals surface area contributed by atoms with Crippen LogP contribution in [0.5, 0.6) is 5.75 Å². The summed E-state index contributed by atoms with van der Waals surface area (Å²) < 4.78 is 5.50. The molecule has 1 unspecified atom stereocenters. The van der Waals surface area contributed by atoms with Crippen molar-refractivity contribution in [2.24, 2.45) is 0 Å². The molecule has 4 rings (SSSR count). The van der Waals surface area contributed by atoms with Gasteiger partial charge in [-0.3, -0.25) is 9.59 Å². The number of aromatic nitrogens is 2. The number of rotatable bonds is 7. The zero-order valence-electron chi connectivity index (χ0n) is 19.2. The highest BCUT2D eigenvalue weighted by Crippen LogP contribution is 2.40. The maximum Gasteiger partial charge on any atom is 0.249 e. The smallest absolute Gasteiger partial charge is 0.249 e. The second-order valence-electron chi connectivity index (χ2n) is 8.39. The van der Waals surface area contributed by atoms with E-state index in [4.69, 9.17) is 9.72 Å². The predicted octanol–water partition coefficient (Wildman–Crippen LogP) is 4.33. The summed E-state index contributed by atoms with van der Waals surface area (Å²) in [5.41, 5.74) is 2.02. The summed E-state index contributed by atoms with van der Waals surface area (Å²) in [6.45, 7) is 3.89. The van der Waals surface area contributed by atoms with E-state index < -0.39 is 0 Å². The van der Waals surface area contributed by atoms with Crippen molar-refractivity contribution in [3.05, 3.63) is 30.0 Å². The lowest BCUT2D eigenvalue weighted by Gasteiger charge is -2.43. The highest BCUT2D eigenvalue weighted by Gasteiger charge is 2.41. The summed E-state index contributed by atoms with van der Waals surface area (Å²) in [5, 5.41) is 3.24. The molecule has 2 aliphatic rings. The zero-order chi connectivity index (χ0) is 22.8. The Balaban J connectivity index is 1.70. The van der Waals surface area contributed by atoms with Gasteiger partial charge in [-0.25, -0.2) is 4.98 Å². The van der Waals surface area contributed by atoms with Gasteiger partial charge in [0.15, 0.2) is 11.6 Å². The minimum absolute atomic E-state index is 0.0606. The molecule has 2 heterocycles. The van der Waals surface area contributed by atoms with Crippen molar-refractivity contribution in [3.8, 4) is 5.75 Å². The van der Waals surface area contributed by atoms with Gasteiger partial charge < -0.3 is 19.9 Å². The summed E-state index contributed by atoms with van der Waals surface area (Å²) in [6, 6.07) is 5.42. The molecular weight excluding hydrogens is 406 g/mol. The first-order valence-electron chi connectivity index (χ1n) is 11.4. The summed E-state index contributed by atoms with van der Waals surface area (Å²) >= 11 is 0. The quantitative estimate of drug-likeness (QED) is 0.645. The van der Waals surface area contributed by atoms with Crippen molar-refractivity contribution in [3.63, 3.8) is 0 Å². The fourth-order valence-electron chi connectivity index (χ4n) is 4.74. The molecule has 1 aromatic carbocycles. The van der Waals surface area contributed by atoms with Gasteiger partial charge in [-0.2, -0.15) is 4.98 Å². The number of Topliss-reactive ketones (excluding diaryl/α,β-unsaturated/α-hetero) is 1. The van der Waals surface area contributed by atoms with Crippen LogP contribution in [0.15, 0.2) is 24.4 Å². The van der Waals surface area contributed by atoms with Gasteiger partial charge in [0.2, 0.25) is 11.9 Å². The third kappa shape index (κ3) is 3.89. The predicted molar refractivity (Wildman–Crippen MR) is 125 cm³/mol. The van der Waals surface area contributed by atoms with Crippen LogP contribution in [0.25, 0.3) is 0 Å². The van der Waals surface area contributed by atoms with Crippen LogP contribution in [-0.4, -0.2) is 47.9 Å². The van der Waals surface area contributed by atoms with Crippen molar-refractivity contribution in [2.45, 2.75) is 64.5 Å². The largest absolute Gasteiger partial charge is 0.495 e. The third-order valence-electron chi connectivity index (χ3n) is 6.50. The van der Waals surface area contributed by atoms with Crippen molar-refractivity contribution >= 4 is 34.8 Å². The number of nitrogens with zero attached hydrogens (tertiary/aromatic N) is 4. The molecule has 1 atom stereocenters. The molecule has 2 aromatic rings. The fraction of sp³-hybridized carbons (Fsp3) is 0.500. The van der Waals surface area contributed by atoms with Gasteiger partial charge in [0.1, 0.15) is 17.5 Å². The minimum atomic E-state index is -0.216. The SMILES string of the molecule is CCC(=O)c1ccc(Nc2ncc3c(n2)N(C2CCCC2)C(CC)C(=O)N3C)c(OC)c1. The first-order valence-corrected chi connectivity index (χ1v) is 11.4. The average molecular weight is 438 g/mol. The summed E-state index contributed by atoms with van der Waals surface area (Å²) in [5.74, 6) is 1.92. The van der Waals surface area contributed by atoms with E-state index in [-0.39, 0.29) is 17.7 Å². The molecule has 1 amide bonds. The van der Waals surface area contributed by atoms with Gasteiger partial charge in [0.05, 0.1) is 19.0 Å². The van der Waals surface area contributed by atoms with E-state index in [0.29, 0.717) is 35.4 Å². The summed E-state index contributed by atoms with van der Waals surface area (Å²) in [7, 11) is 3.36. The van der Waals surface area contributed by atoms with E-state index >= 15 is 0 Å². The number of amides is 1. The molecule has 32 heavy (non-hydrogen) atoms. The molecule has 1 fully saturated rings. The number of hydrogen-bond acceptors (Lipinski definition) is 7. The van der Waals surface area contributed by atoms with Crippen LogP contribution in [0.2, 0.25) is 0 Å². The number of benzene rings is 1. The first kappa shape index (κ1) is 22.0. The van der Waals surface area contributed by atoms with E-state index in [2.05, 4.69) is 15.2 Å². The van der Waals surface area contributed by atoms with Crippen LogP contribution in [0, 0.1) is 0 Å². The van der Waals surface area contributed by atoms with Crippen LogP contribution in [0.4, 0.5) is 23.1 Å². The molecule has 1 N–H and O–H groups in total. The van der Waals surface area contributed by atoms with E-state index in [1.54, 1.807) is 37.4 Å². The van der Waals surface area contributed by atoms with Gasteiger partial charge in [0.25, 0.3) is 0 Å². The maximum atomic E-state index is 13.0. The van der Waals surface area contributed by atoms with Crippen LogP contribution >= 0.6 is 0 Å². The van der Waals surface area contributed by atoms with Crippen molar-refractivity contribution in [2.75, 3.05) is 29.3 Å². The van der Waals surface area contributed by atoms with Crippen molar-refractivity contribution < 1.29 is 14.3 Å². The number of anilines is 4. The van der Waals surface area contributed by atoms with Crippen LogP contribution < -0.4 is 19.9 Å². The molecule has 1 aliphatic carbocycles. The zero-order valence-corrected chi connectivity index (χ0v) is 19.2. The molecular formula is C24H31N5O3. The molecule has 0 bridgehead atoms. The van der Waals surface area contributed by atoms with Crippen molar-refractivity contribution in [1.29, 1.82) is 0 Å². The second-order valence-corrected chi connectivity index (χ2v) is 8.39. The molecule has 0 spiro atoms. The summed E-state index contributed by atoms with van der Waals surface area (Å²) in [6.07, 6.45) is 7.36. The van der Waals surface area contributed by atoms with Gasteiger partial charge in [0, 0.05) is 25.1 Å². The molecule has 1 aromatic heterocycles. The Morgan fingerprint density at radius 2 is 2.00 bits per heavy atom. The highest BCUT2D eigenvalue weighted by molar-refractivity contribution is 6.04. The third-order valence-corrected chi connectivity index (χ3v) is 6.50. The number of ketones is 1. The van der Waals surface area contributed by atoms with Crippen LogP contribution in [0.3, 0.4) is 0 Å². The van der Waals surface area contributed by atoms with Gasteiger partial charge in [-0.15, -0.1) is 0 Å². The average Bonchev–Trinajstić information content (AvgIpc) is 3.35. The lowest BCUT2D eigenvalue weighted by molar-refractivity contribution is -0.120. The molecule has 8 heteroatoms. The van der Waals surface area contributed by atoms with Crippen molar-refractivity contribution in [1.82, 2.24) is 9.97 Å². The number of hydrogen-bond donors (Lipinski definition) is 1. The molecule has 0 saturated heterocycles. The summed E-state index contributed by atoms with van der Waals surface area (Å²) in [4.78, 5) is 38.3. The molecule has 1 aliphatic heterocycles. The number of nitrogens with one attached hydrogen (secondary N) is 1. The van der Waals surface area contributed by atoms with Crippen LogP contribution in [-0.2, 0) is 4.79 Å². The Morgan fingerprint density at radius 1 is 1.25 bits per heavy atom. The number of methoxy groups -OCH3 is 1. The Morgan fingerprint density at radius 3 is 2.66 bits per heavy atom.